The second-order valence-corrected chi connectivity index (χ2v) is 3.64. The number of hydrogen-bond donors (Lipinski definition) is 0. The minimum atomic E-state index is 0.651. The molecule has 14 heavy (non-hydrogen) atoms. The van der Waals surface area contributed by atoms with Crippen LogP contribution in [-0.4, -0.2) is 11.9 Å². The monoisotopic (exact) mass is 253 g/mol. The standard InChI is InChI=1S/C11H12BrNO/c1-13-10-4-6-11(7-5-10)14-9-3-2-8-12/h4-7H,2-3,8-9H2. The van der Waals surface area contributed by atoms with Crippen LogP contribution in [0.2, 0.25) is 0 Å². The molecule has 0 spiro atoms. The van der Waals surface area contributed by atoms with Crippen LogP contribution in [0, 0.1) is 6.57 Å². The summed E-state index contributed by atoms with van der Waals surface area (Å²) in [6, 6.07) is 7.21. The van der Waals surface area contributed by atoms with E-state index in [1.807, 2.05) is 12.1 Å². The molecule has 0 aliphatic heterocycles. The number of halogens is 1. The van der Waals surface area contributed by atoms with Crippen LogP contribution in [0.3, 0.4) is 0 Å². The first-order valence-corrected chi connectivity index (χ1v) is 5.65. The molecule has 0 aliphatic rings. The average molecular weight is 254 g/mol. The van der Waals surface area contributed by atoms with Crippen molar-refractivity contribution >= 4 is 21.6 Å². The number of nitrogens with zero attached hydrogens (tertiary/aromatic N) is 1. The predicted octanol–water partition coefficient (Wildman–Crippen LogP) is 3.79. The van der Waals surface area contributed by atoms with Crippen LogP contribution in [0.25, 0.3) is 4.85 Å². The lowest BCUT2D eigenvalue weighted by Gasteiger charge is -2.04. The minimum Gasteiger partial charge on any atom is -0.494 e. The molecular formula is C11H12BrNO. The van der Waals surface area contributed by atoms with Crippen LogP contribution in [0.5, 0.6) is 5.75 Å². The molecule has 1 rings (SSSR count). The zero-order valence-electron chi connectivity index (χ0n) is 7.87. The van der Waals surface area contributed by atoms with Crippen molar-refractivity contribution in [3.05, 3.63) is 35.7 Å². The fraction of sp³-hybridized carbons (Fsp3) is 0.364. The van der Waals surface area contributed by atoms with E-state index >= 15 is 0 Å². The van der Waals surface area contributed by atoms with Crippen molar-refractivity contribution in [2.75, 3.05) is 11.9 Å². The highest BCUT2D eigenvalue weighted by Crippen LogP contribution is 2.17. The Morgan fingerprint density at radius 2 is 1.93 bits per heavy atom. The van der Waals surface area contributed by atoms with Gasteiger partial charge in [0.25, 0.3) is 0 Å². The molecule has 1 aromatic carbocycles. The van der Waals surface area contributed by atoms with Crippen molar-refractivity contribution in [1.29, 1.82) is 0 Å². The topological polar surface area (TPSA) is 13.6 Å². The summed E-state index contributed by atoms with van der Waals surface area (Å²) in [6.45, 7) is 7.53. The largest absolute Gasteiger partial charge is 0.494 e. The maximum atomic E-state index is 6.79. The van der Waals surface area contributed by atoms with Gasteiger partial charge in [-0.05, 0) is 25.0 Å². The van der Waals surface area contributed by atoms with Crippen LogP contribution in [0.4, 0.5) is 5.69 Å². The van der Waals surface area contributed by atoms with E-state index in [4.69, 9.17) is 11.3 Å². The van der Waals surface area contributed by atoms with Crippen molar-refractivity contribution in [3.63, 3.8) is 0 Å². The minimum absolute atomic E-state index is 0.651. The molecule has 0 saturated carbocycles. The van der Waals surface area contributed by atoms with Gasteiger partial charge in [0.15, 0.2) is 5.69 Å². The second kappa shape index (κ2) is 6.44. The lowest BCUT2D eigenvalue weighted by atomic mass is 10.3. The molecule has 2 nitrogen and oxygen atoms in total. The van der Waals surface area contributed by atoms with E-state index in [0.29, 0.717) is 5.69 Å². The predicted molar refractivity (Wildman–Crippen MR) is 61.2 cm³/mol. The number of rotatable bonds is 5. The van der Waals surface area contributed by atoms with Crippen LogP contribution in [-0.2, 0) is 0 Å². The summed E-state index contributed by atoms with van der Waals surface area (Å²) in [4.78, 5) is 3.31. The highest BCUT2D eigenvalue weighted by molar-refractivity contribution is 9.09. The van der Waals surface area contributed by atoms with Crippen LogP contribution < -0.4 is 4.74 Å². The van der Waals surface area contributed by atoms with Gasteiger partial charge >= 0.3 is 0 Å². The van der Waals surface area contributed by atoms with Gasteiger partial charge in [0.1, 0.15) is 5.75 Å². The quantitative estimate of drug-likeness (QED) is 0.442. The normalized spacial score (nSPS) is 9.43. The third kappa shape index (κ3) is 3.80. The molecule has 3 heteroatoms. The average Bonchev–Trinajstić information content (AvgIpc) is 2.25. The smallest absolute Gasteiger partial charge is 0.187 e. The van der Waals surface area contributed by atoms with Gasteiger partial charge in [-0.3, -0.25) is 0 Å². The first-order chi connectivity index (χ1) is 6.86. The van der Waals surface area contributed by atoms with Gasteiger partial charge in [0.05, 0.1) is 13.2 Å². The Labute approximate surface area is 92.8 Å². The van der Waals surface area contributed by atoms with Gasteiger partial charge in [0, 0.05) is 5.33 Å². The number of ether oxygens (including phenoxy) is 1. The Kier molecular flexibility index (Phi) is 5.09. The Balaban J connectivity index is 2.33. The summed E-state index contributed by atoms with van der Waals surface area (Å²) in [7, 11) is 0. The number of unbranched alkanes of at least 4 members (excludes halogenated alkanes) is 1. The van der Waals surface area contributed by atoms with E-state index in [9.17, 15) is 0 Å². The molecule has 74 valence electrons. The molecule has 0 amide bonds. The second-order valence-electron chi connectivity index (χ2n) is 2.85. The fourth-order valence-electron chi connectivity index (χ4n) is 1.00. The number of hydrogen-bond acceptors (Lipinski definition) is 1. The molecule has 0 heterocycles. The molecule has 0 aromatic heterocycles. The van der Waals surface area contributed by atoms with Gasteiger partial charge in [-0.1, -0.05) is 28.1 Å². The van der Waals surface area contributed by atoms with Crippen LogP contribution in [0.15, 0.2) is 24.3 Å². The SMILES string of the molecule is [C-]#[N+]c1ccc(OCCCCBr)cc1. The third-order valence-electron chi connectivity index (χ3n) is 1.76. The molecule has 0 saturated heterocycles. The van der Waals surface area contributed by atoms with E-state index in [0.717, 1.165) is 30.5 Å². The third-order valence-corrected chi connectivity index (χ3v) is 2.32. The zero-order chi connectivity index (χ0) is 10.2. The fourth-order valence-corrected chi connectivity index (χ4v) is 1.40. The molecule has 0 fully saturated rings. The van der Waals surface area contributed by atoms with Crippen molar-refractivity contribution in [2.45, 2.75) is 12.8 Å². The summed E-state index contributed by atoms with van der Waals surface area (Å²) >= 11 is 3.37. The van der Waals surface area contributed by atoms with Crippen LogP contribution in [0.1, 0.15) is 12.8 Å². The molecule has 0 aliphatic carbocycles. The van der Waals surface area contributed by atoms with Gasteiger partial charge in [0.2, 0.25) is 0 Å². The van der Waals surface area contributed by atoms with E-state index in [1.54, 1.807) is 12.1 Å². The summed E-state index contributed by atoms with van der Waals surface area (Å²) in [5.74, 6) is 0.840. The first kappa shape index (κ1) is 11.1. The van der Waals surface area contributed by atoms with Gasteiger partial charge < -0.3 is 4.74 Å². The van der Waals surface area contributed by atoms with Gasteiger partial charge in [-0.15, -0.1) is 0 Å². The Morgan fingerprint density at radius 3 is 2.50 bits per heavy atom. The molecule has 0 bridgehead atoms. The maximum absolute atomic E-state index is 6.79. The summed E-state index contributed by atoms with van der Waals surface area (Å²) in [5.41, 5.74) is 0.651. The van der Waals surface area contributed by atoms with Crippen LogP contribution >= 0.6 is 15.9 Å². The van der Waals surface area contributed by atoms with E-state index in [2.05, 4.69) is 20.8 Å². The van der Waals surface area contributed by atoms with Gasteiger partial charge in [-0.25, -0.2) is 4.85 Å². The first-order valence-electron chi connectivity index (χ1n) is 4.53. The molecule has 0 atom stereocenters. The summed E-state index contributed by atoms with van der Waals surface area (Å²) in [6.07, 6.45) is 2.18. The lowest BCUT2D eigenvalue weighted by Crippen LogP contribution is -1.96. The van der Waals surface area contributed by atoms with E-state index in [1.165, 1.54) is 0 Å². The highest BCUT2D eigenvalue weighted by Gasteiger charge is 1.94. The number of benzene rings is 1. The summed E-state index contributed by atoms with van der Waals surface area (Å²) < 4.78 is 5.48. The Morgan fingerprint density at radius 1 is 1.21 bits per heavy atom. The summed E-state index contributed by atoms with van der Waals surface area (Å²) in [5, 5.41) is 1.02. The van der Waals surface area contributed by atoms with Crippen molar-refractivity contribution in [2.24, 2.45) is 0 Å². The molecular weight excluding hydrogens is 242 g/mol. The lowest BCUT2D eigenvalue weighted by molar-refractivity contribution is 0.310. The molecule has 1 aromatic rings. The number of alkyl halides is 1. The van der Waals surface area contributed by atoms with Crippen molar-refractivity contribution in [1.82, 2.24) is 0 Å². The maximum Gasteiger partial charge on any atom is 0.187 e. The Hall–Kier alpha value is -1.01. The molecule has 0 N–H and O–H groups in total. The van der Waals surface area contributed by atoms with Gasteiger partial charge in [-0.2, -0.15) is 0 Å². The zero-order valence-corrected chi connectivity index (χ0v) is 9.46. The Bertz CT molecular complexity index is 302. The van der Waals surface area contributed by atoms with E-state index < -0.39 is 0 Å². The highest BCUT2D eigenvalue weighted by atomic mass is 79.9. The molecule has 0 unspecified atom stereocenters. The van der Waals surface area contributed by atoms with Crippen molar-refractivity contribution < 1.29 is 4.74 Å². The molecule has 0 radical (unpaired) electrons. The van der Waals surface area contributed by atoms with Crippen molar-refractivity contribution in [3.8, 4) is 5.75 Å². The van der Waals surface area contributed by atoms with E-state index in [-0.39, 0.29) is 0 Å².